The van der Waals surface area contributed by atoms with Crippen LogP contribution in [0.4, 0.5) is 5.13 Å². The summed E-state index contributed by atoms with van der Waals surface area (Å²) < 4.78 is 8.96. The molecule has 0 saturated heterocycles. The highest BCUT2D eigenvalue weighted by atomic mass is 32.1. The molecule has 2 aromatic rings. The van der Waals surface area contributed by atoms with E-state index in [1.54, 1.807) is 6.92 Å². The lowest BCUT2D eigenvalue weighted by atomic mass is 10.6. The molecule has 0 amide bonds. The molecular formula is C7H9N5OS. The Bertz CT molecular complexity index is 383. The topological polar surface area (TPSA) is 76.7 Å². The summed E-state index contributed by atoms with van der Waals surface area (Å²) in [4.78, 5) is 8.19. The molecule has 2 aromatic heterocycles. The molecule has 1 N–H and O–H groups in total. The molecule has 14 heavy (non-hydrogen) atoms. The summed E-state index contributed by atoms with van der Waals surface area (Å²) in [5.74, 6) is 1.95. The Hall–Kier alpha value is -1.50. The maximum atomic E-state index is 4.93. The van der Waals surface area contributed by atoms with Gasteiger partial charge in [-0.2, -0.15) is 9.36 Å². The highest BCUT2D eigenvalue weighted by Gasteiger charge is 2.04. The van der Waals surface area contributed by atoms with Crippen LogP contribution < -0.4 is 5.32 Å². The van der Waals surface area contributed by atoms with Gasteiger partial charge in [0.15, 0.2) is 5.82 Å². The molecule has 6 nitrogen and oxygen atoms in total. The van der Waals surface area contributed by atoms with E-state index in [-0.39, 0.29) is 0 Å². The summed E-state index contributed by atoms with van der Waals surface area (Å²) >= 11 is 1.31. The van der Waals surface area contributed by atoms with E-state index in [4.69, 9.17) is 4.52 Å². The molecule has 0 unspecified atom stereocenters. The van der Waals surface area contributed by atoms with E-state index in [0.29, 0.717) is 18.3 Å². The molecule has 74 valence electrons. The van der Waals surface area contributed by atoms with Gasteiger partial charge in [-0.1, -0.05) is 5.16 Å². The number of nitrogens with one attached hydrogen (secondary N) is 1. The minimum Gasteiger partial charge on any atom is -0.351 e. The Labute approximate surface area is 84.5 Å². The van der Waals surface area contributed by atoms with Crippen molar-refractivity contribution >= 4 is 16.7 Å². The molecule has 0 aliphatic heterocycles. The van der Waals surface area contributed by atoms with Crippen molar-refractivity contribution in [2.24, 2.45) is 0 Å². The van der Waals surface area contributed by atoms with Crippen LogP contribution in [0, 0.1) is 13.8 Å². The van der Waals surface area contributed by atoms with E-state index in [9.17, 15) is 0 Å². The fraction of sp³-hybridized carbons (Fsp3) is 0.429. The molecule has 0 atom stereocenters. The van der Waals surface area contributed by atoms with Crippen LogP contribution in [0.15, 0.2) is 4.52 Å². The van der Waals surface area contributed by atoms with Gasteiger partial charge in [0.1, 0.15) is 5.82 Å². The fourth-order valence-electron chi connectivity index (χ4n) is 0.932. The lowest BCUT2D eigenvalue weighted by molar-refractivity contribution is 0.379. The molecule has 0 bridgehead atoms. The third-order valence-electron chi connectivity index (χ3n) is 1.49. The van der Waals surface area contributed by atoms with Gasteiger partial charge in [0.2, 0.25) is 11.0 Å². The standard InChI is InChI=1S/C7H9N5OS/c1-4-9-6(13-11-4)3-8-7-10-5(2)12-14-7/h3H2,1-2H3,(H,8,10,12). The number of nitrogens with zero attached hydrogens (tertiary/aromatic N) is 4. The minimum atomic E-state index is 0.482. The zero-order valence-electron chi connectivity index (χ0n) is 7.81. The summed E-state index contributed by atoms with van der Waals surface area (Å²) in [5, 5.41) is 7.48. The number of rotatable bonds is 3. The largest absolute Gasteiger partial charge is 0.351 e. The van der Waals surface area contributed by atoms with E-state index >= 15 is 0 Å². The van der Waals surface area contributed by atoms with Gasteiger partial charge in [-0.25, -0.2) is 4.98 Å². The van der Waals surface area contributed by atoms with Crippen molar-refractivity contribution in [1.82, 2.24) is 19.5 Å². The van der Waals surface area contributed by atoms with Crippen molar-refractivity contribution in [2.45, 2.75) is 20.4 Å². The normalized spacial score (nSPS) is 10.4. The molecule has 0 saturated carbocycles. The van der Waals surface area contributed by atoms with Gasteiger partial charge in [0.05, 0.1) is 6.54 Å². The first-order chi connectivity index (χ1) is 6.74. The summed E-state index contributed by atoms with van der Waals surface area (Å²) in [6.45, 7) is 4.11. The average Bonchev–Trinajstić information content (AvgIpc) is 2.72. The lowest BCUT2D eigenvalue weighted by Crippen LogP contribution is -1.99. The smallest absolute Gasteiger partial charge is 0.246 e. The zero-order chi connectivity index (χ0) is 9.97. The molecule has 0 aromatic carbocycles. The van der Waals surface area contributed by atoms with Gasteiger partial charge in [0.25, 0.3) is 0 Å². The van der Waals surface area contributed by atoms with Crippen LogP contribution in [-0.4, -0.2) is 19.5 Å². The lowest BCUT2D eigenvalue weighted by Gasteiger charge is -1.94. The van der Waals surface area contributed by atoms with Crippen molar-refractivity contribution in [3.8, 4) is 0 Å². The molecule has 2 rings (SSSR count). The summed E-state index contributed by atoms with van der Waals surface area (Å²) in [6, 6.07) is 0. The van der Waals surface area contributed by atoms with Gasteiger partial charge >= 0.3 is 0 Å². The SMILES string of the molecule is Cc1noc(CNc2nc(C)ns2)n1. The van der Waals surface area contributed by atoms with Crippen molar-refractivity contribution < 1.29 is 4.52 Å². The summed E-state index contributed by atoms with van der Waals surface area (Å²) in [5.41, 5.74) is 0. The van der Waals surface area contributed by atoms with Gasteiger partial charge in [-0.15, -0.1) is 0 Å². The Morgan fingerprint density at radius 1 is 1.29 bits per heavy atom. The molecule has 0 spiro atoms. The van der Waals surface area contributed by atoms with Crippen LogP contribution in [0.5, 0.6) is 0 Å². The third-order valence-corrected chi connectivity index (χ3v) is 2.25. The predicted molar refractivity (Wildman–Crippen MR) is 51.0 cm³/mol. The van der Waals surface area contributed by atoms with E-state index in [2.05, 4.69) is 24.8 Å². The quantitative estimate of drug-likeness (QED) is 0.820. The highest BCUT2D eigenvalue weighted by Crippen LogP contribution is 2.11. The van der Waals surface area contributed by atoms with Crippen molar-refractivity contribution in [3.63, 3.8) is 0 Å². The maximum absolute atomic E-state index is 4.93. The molecule has 0 aliphatic carbocycles. The van der Waals surface area contributed by atoms with E-state index in [1.807, 2.05) is 6.92 Å². The summed E-state index contributed by atoms with van der Waals surface area (Å²) in [7, 11) is 0. The first kappa shape index (κ1) is 9.07. The molecule has 0 fully saturated rings. The van der Waals surface area contributed by atoms with E-state index in [1.165, 1.54) is 11.5 Å². The average molecular weight is 211 g/mol. The van der Waals surface area contributed by atoms with E-state index in [0.717, 1.165) is 11.0 Å². The second kappa shape index (κ2) is 3.70. The Morgan fingerprint density at radius 3 is 2.71 bits per heavy atom. The number of hydrogen-bond acceptors (Lipinski definition) is 7. The van der Waals surface area contributed by atoms with Crippen molar-refractivity contribution in [2.75, 3.05) is 5.32 Å². The number of aromatic nitrogens is 4. The monoisotopic (exact) mass is 211 g/mol. The number of anilines is 1. The first-order valence-electron chi connectivity index (χ1n) is 4.07. The van der Waals surface area contributed by atoms with E-state index < -0.39 is 0 Å². The minimum absolute atomic E-state index is 0.482. The van der Waals surface area contributed by atoms with Crippen LogP contribution in [-0.2, 0) is 6.54 Å². The van der Waals surface area contributed by atoms with Gasteiger partial charge in [-0.05, 0) is 13.8 Å². The molecule has 0 aliphatic rings. The second-order valence-electron chi connectivity index (χ2n) is 2.74. The van der Waals surface area contributed by atoms with Crippen LogP contribution in [0.2, 0.25) is 0 Å². The third kappa shape index (κ3) is 2.05. The van der Waals surface area contributed by atoms with Crippen molar-refractivity contribution in [3.05, 3.63) is 17.5 Å². The maximum Gasteiger partial charge on any atom is 0.246 e. The van der Waals surface area contributed by atoms with Crippen LogP contribution >= 0.6 is 11.5 Å². The van der Waals surface area contributed by atoms with Crippen LogP contribution in [0.25, 0.3) is 0 Å². The predicted octanol–water partition coefficient (Wildman–Crippen LogP) is 1.15. The highest BCUT2D eigenvalue weighted by molar-refractivity contribution is 7.09. The Kier molecular flexibility index (Phi) is 2.40. The zero-order valence-corrected chi connectivity index (χ0v) is 8.63. The van der Waals surface area contributed by atoms with Gasteiger partial charge in [0, 0.05) is 11.5 Å². The number of aryl methyl sites for hydroxylation is 2. The molecule has 2 heterocycles. The Balaban J connectivity index is 1.94. The molecule has 7 heteroatoms. The Morgan fingerprint density at radius 2 is 2.14 bits per heavy atom. The second-order valence-corrected chi connectivity index (χ2v) is 3.49. The number of hydrogen-bond donors (Lipinski definition) is 1. The summed E-state index contributed by atoms with van der Waals surface area (Å²) in [6.07, 6.45) is 0. The van der Waals surface area contributed by atoms with Crippen molar-refractivity contribution in [1.29, 1.82) is 0 Å². The fourth-order valence-corrected chi connectivity index (χ4v) is 1.50. The van der Waals surface area contributed by atoms with Gasteiger partial charge < -0.3 is 9.84 Å². The van der Waals surface area contributed by atoms with Gasteiger partial charge in [-0.3, -0.25) is 0 Å². The molecular weight excluding hydrogens is 202 g/mol. The van der Waals surface area contributed by atoms with Crippen LogP contribution in [0.3, 0.4) is 0 Å². The first-order valence-corrected chi connectivity index (χ1v) is 4.85. The molecule has 0 radical (unpaired) electrons. The van der Waals surface area contributed by atoms with Crippen LogP contribution in [0.1, 0.15) is 17.5 Å².